The Morgan fingerprint density at radius 2 is 2.37 bits per heavy atom. The van der Waals surface area contributed by atoms with E-state index in [2.05, 4.69) is 9.88 Å². The predicted octanol–water partition coefficient (Wildman–Crippen LogP) is 1.10. The lowest BCUT2D eigenvalue weighted by Gasteiger charge is -2.35. The van der Waals surface area contributed by atoms with Crippen molar-refractivity contribution in [1.82, 2.24) is 9.88 Å². The molecule has 1 aliphatic rings. The van der Waals surface area contributed by atoms with Gasteiger partial charge in [0.1, 0.15) is 11.5 Å². The van der Waals surface area contributed by atoms with Crippen molar-refractivity contribution in [3.8, 4) is 0 Å². The topological polar surface area (TPSA) is 86.2 Å². The van der Waals surface area contributed by atoms with Crippen LogP contribution in [0.25, 0.3) is 0 Å². The van der Waals surface area contributed by atoms with Crippen LogP contribution in [-0.2, 0) is 6.54 Å². The molecule has 0 amide bonds. The van der Waals surface area contributed by atoms with Crippen molar-refractivity contribution in [1.29, 1.82) is 5.41 Å². The average molecular weight is 262 g/mol. The molecule has 0 saturated carbocycles. The Balaban J connectivity index is 2.12. The monoisotopic (exact) mass is 262 g/mol. The quantitative estimate of drug-likeness (QED) is 0.548. The number of aliphatic hydroxyl groups is 1. The molecule has 0 bridgehead atoms. The van der Waals surface area contributed by atoms with Gasteiger partial charge in [-0.25, -0.2) is 0 Å². The molecule has 1 unspecified atom stereocenters. The molecule has 4 N–H and O–H groups in total. The summed E-state index contributed by atoms with van der Waals surface area (Å²) >= 11 is 0. The lowest BCUT2D eigenvalue weighted by Crippen LogP contribution is -2.40. The third-order valence-corrected chi connectivity index (χ3v) is 3.73. The number of likely N-dealkylation sites (tertiary alicyclic amines) is 1. The molecule has 1 atom stereocenters. The number of piperidine rings is 1. The van der Waals surface area contributed by atoms with Crippen LogP contribution in [0.2, 0.25) is 0 Å². The first kappa shape index (κ1) is 14.0. The van der Waals surface area contributed by atoms with Gasteiger partial charge in [-0.3, -0.25) is 15.3 Å². The minimum absolute atomic E-state index is 0.0197. The number of nitrogens with zero attached hydrogens (tertiary/aromatic N) is 2. The van der Waals surface area contributed by atoms with Crippen LogP contribution in [0.3, 0.4) is 0 Å². The van der Waals surface area contributed by atoms with Gasteiger partial charge in [-0.15, -0.1) is 0 Å². The summed E-state index contributed by atoms with van der Waals surface area (Å²) in [6.07, 6.45) is 6.04. The number of aromatic nitrogens is 1. The van der Waals surface area contributed by atoms with Gasteiger partial charge in [0.2, 0.25) is 0 Å². The molecule has 19 heavy (non-hydrogen) atoms. The maximum atomic E-state index is 9.15. The highest BCUT2D eigenvalue weighted by molar-refractivity contribution is 5.94. The van der Waals surface area contributed by atoms with E-state index >= 15 is 0 Å². The van der Waals surface area contributed by atoms with Crippen molar-refractivity contribution < 1.29 is 5.11 Å². The summed E-state index contributed by atoms with van der Waals surface area (Å²) < 4.78 is 0. The third kappa shape index (κ3) is 3.52. The Morgan fingerprint density at radius 3 is 3.11 bits per heavy atom. The minimum Gasteiger partial charge on any atom is -0.396 e. The van der Waals surface area contributed by atoms with Crippen LogP contribution in [0.5, 0.6) is 0 Å². The average Bonchev–Trinajstić information content (AvgIpc) is 2.42. The molecule has 2 rings (SSSR count). The number of nitrogens with two attached hydrogens (primary N) is 1. The Labute approximate surface area is 114 Å². The summed E-state index contributed by atoms with van der Waals surface area (Å²) in [7, 11) is 0. The summed E-state index contributed by atoms with van der Waals surface area (Å²) in [5, 5.41) is 16.7. The highest BCUT2D eigenvalue weighted by Gasteiger charge is 2.23. The summed E-state index contributed by atoms with van der Waals surface area (Å²) in [6, 6.07) is 4.29. The second-order valence-electron chi connectivity index (χ2n) is 5.06. The third-order valence-electron chi connectivity index (χ3n) is 3.73. The molecule has 1 saturated heterocycles. The Morgan fingerprint density at radius 1 is 1.53 bits per heavy atom. The van der Waals surface area contributed by atoms with E-state index in [0.717, 1.165) is 31.5 Å². The van der Waals surface area contributed by atoms with Gasteiger partial charge >= 0.3 is 0 Å². The maximum Gasteiger partial charge on any atom is 0.142 e. The van der Waals surface area contributed by atoms with Gasteiger partial charge in [0, 0.05) is 25.4 Å². The van der Waals surface area contributed by atoms with Crippen molar-refractivity contribution in [2.45, 2.75) is 38.3 Å². The van der Waals surface area contributed by atoms with Crippen LogP contribution < -0.4 is 5.73 Å². The van der Waals surface area contributed by atoms with Gasteiger partial charge in [0.05, 0.1) is 0 Å². The van der Waals surface area contributed by atoms with Crippen molar-refractivity contribution in [3.05, 3.63) is 29.6 Å². The van der Waals surface area contributed by atoms with E-state index in [1.165, 1.54) is 12.8 Å². The number of aliphatic hydroxyl groups excluding tert-OH is 1. The van der Waals surface area contributed by atoms with E-state index in [-0.39, 0.29) is 12.4 Å². The molecule has 104 valence electrons. The Hall–Kier alpha value is -1.46. The van der Waals surface area contributed by atoms with E-state index in [1.54, 1.807) is 6.20 Å². The summed E-state index contributed by atoms with van der Waals surface area (Å²) in [6.45, 7) is 2.03. The summed E-state index contributed by atoms with van der Waals surface area (Å²) in [5.74, 6) is 0.0197. The van der Waals surface area contributed by atoms with Crippen molar-refractivity contribution >= 4 is 5.84 Å². The maximum absolute atomic E-state index is 9.15. The molecule has 1 aliphatic heterocycles. The van der Waals surface area contributed by atoms with E-state index in [9.17, 15) is 0 Å². The lowest BCUT2D eigenvalue weighted by molar-refractivity contribution is 0.112. The molecular weight excluding hydrogens is 240 g/mol. The van der Waals surface area contributed by atoms with Gasteiger partial charge in [0.25, 0.3) is 0 Å². The minimum atomic E-state index is 0.0197. The second-order valence-corrected chi connectivity index (χ2v) is 5.06. The normalized spacial score (nSPS) is 20.4. The molecular formula is C14H22N4O. The zero-order valence-corrected chi connectivity index (χ0v) is 11.2. The van der Waals surface area contributed by atoms with Gasteiger partial charge in [-0.05, 0) is 37.4 Å². The largest absolute Gasteiger partial charge is 0.396 e. The van der Waals surface area contributed by atoms with E-state index in [1.807, 2.05) is 12.1 Å². The Bertz CT molecular complexity index is 433. The van der Waals surface area contributed by atoms with Crippen LogP contribution in [0.15, 0.2) is 18.3 Å². The van der Waals surface area contributed by atoms with Gasteiger partial charge < -0.3 is 10.8 Å². The van der Waals surface area contributed by atoms with Gasteiger partial charge in [-0.1, -0.05) is 12.5 Å². The molecule has 0 radical (unpaired) electrons. The molecule has 2 heterocycles. The van der Waals surface area contributed by atoms with E-state index in [0.29, 0.717) is 11.7 Å². The smallest absolute Gasteiger partial charge is 0.142 e. The molecule has 1 fully saturated rings. The van der Waals surface area contributed by atoms with E-state index in [4.69, 9.17) is 16.2 Å². The van der Waals surface area contributed by atoms with Gasteiger partial charge in [0.15, 0.2) is 0 Å². The first-order chi connectivity index (χ1) is 9.22. The highest BCUT2D eigenvalue weighted by atomic mass is 16.3. The standard InChI is InChI=1S/C14H22N4O/c15-14(16)13-11(4-3-7-17-13)10-18-8-2-1-5-12(18)6-9-19/h3-4,7,12,19H,1-2,5-6,8-10H2,(H3,15,16). The molecule has 1 aromatic heterocycles. The number of nitrogen functional groups attached to an aromatic ring is 1. The zero-order valence-electron chi connectivity index (χ0n) is 11.2. The number of hydrogen-bond acceptors (Lipinski definition) is 4. The predicted molar refractivity (Wildman–Crippen MR) is 75.0 cm³/mol. The molecule has 5 nitrogen and oxygen atoms in total. The number of hydrogen-bond donors (Lipinski definition) is 3. The molecule has 0 aliphatic carbocycles. The summed E-state index contributed by atoms with van der Waals surface area (Å²) in [4.78, 5) is 6.57. The van der Waals surface area contributed by atoms with Crippen LogP contribution in [-0.4, -0.2) is 40.0 Å². The molecule has 1 aromatic rings. The van der Waals surface area contributed by atoms with Gasteiger partial charge in [-0.2, -0.15) is 0 Å². The van der Waals surface area contributed by atoms with Crippen LogP contribution in [0.1, 0.15) is 36.9 Å². The van der Waals surface area contributed by atoms with Crippen molar-refractivity contribution in [3.63, 3.8) is 0 Å². The molecule has 0 aromatic carbocycles. The van der Waals surface area contributed by atoms with Crippen molar-refractivity contribution in [2.75, 3.05) is 13.2 Å². The fraction of sp³-hybridized carbons (Fsp3) is 0.571. The zero-order chi connectivity index (χ0) is 13.7. The van der Waals surface area contributed by atoms with Crippen LogP contribution in [0, 0.1) is 5.41 Å². The fourth-order valence-electron chi connectivity index (χ4n) is 2.77. The number of amidine groups is 1. The molecule has 0 spiro atoms. The first-order valence-electron chi connectivity index (χ1n) is 6.85. The fourth-order valence-corrected chi connectivity index (χ4v) is 2.77. The SMILES string of the molecule is N=C(N)c1ncccc1CN1CCCCC1CCO. The van der Waals surface area contributed by atoms with Crippen LogP contribution in [0.4, 0.5) is 0 Å². The highest BCUT2D eigenvalue weighted by Crippen LogP contribution is 2.22. The Kier molecular flexibility index (Phi) is 4.87. The number of pyridine rings is 1. The number of rotatable bonds is 5. The molecule has 5 heteroatoms. The number of nitrogens with one attached hydrogen (secondary N) is 1. The van der Waals surface area contributed by atoms with E-state index < -0.39 is 0 Å². The first-order valence-corrected chi connectivity index (χ1v) is 6.85. The van der Waals surface area contributed by atoms with Crippen LogP contribution >= 0.6 is 0 Å². The lowest BCUT2D eigenvalue weighted by atomic mass is 9.98. The van der Waals surface area contributed by atoms with Crippen molar-refractivity contribution in [2.24, 2.45) is 5.73 Å². The second kappa shape index (κ2) is 6.63. The summed E-state index contributed by atoms with van der Waals surface area (Å²) in [5.41, 5.74) is 7.15.